The Kier molecular flexibility index (Phi) is 6.72. The number of ether oxygens (including phenoxy) is 1. The van der Waals surface area contributed by atoms with Gasteiger partial charge in [0.05, 0.1) is 6.61 Å². The van der Waals surface area contributed by atoms with Crippen LogP contribution in [0.3, 0.4) is 0 Å². The molecule has 2 heteroatoms. The maximum Gasteiger partial charge on any atom is 0.0719 e. The average molecular weight is 289 g/mol. The summed E-state index contributed by atoms with van der Waals surface area (Å²) in [7, 11) is 0. The lowest BCUT2D eigenvalue weighted by Crippen LogP contribution is -2.35. The summed E-state index contributed by atoms with van der Waals surface area (Å²) in [4.78, 5) is 0. The maximum atomic E-state index is 5.57. The fraction of sp³-hybridized carbons (Fsp3) is 0.684. The minimum atomic E-state index is 0.686. The van der Waals surface area contributed by atoms with Crippen LogP contribution in [0.4, 0.5) is 0 Å². The van der Waals surface area contributed by atoms with Crippen LogP contribution in [0.1, 0.15) is 57.6 Å². The van der Waals surface area contributed by atoms with Crippen molar-refractivity contribution in [2.45, 2.75) is 65.6 Å². The largest absolute Gasteiger partial charge is 0.377 e. The van der Waals surface area contributed by atoms with E-state index in [9.17, 15) is 0 Å². The molecule has 1 aliphatic rings. The van der Waals surface area contributed by atoms with Gasteiger partial charge in [-0.1, -0.05) is 51.0 Å². The molecule has 0 aromatic heterocycles. The minimum absolute atomic E-state index is 0.686. The van der Waals surface area contributed by atoms with Crippen molar-refractivity contribution in [3.8, 4) is 0 Å². The highest BCUT2D eigenvalue weighted by Gasteiger charge is 2.23. The predicted octanol–water partition coefficient (Wildman–Crippen LogP) is 4.53. The summed E-state index contributed by atoms with van der Waals surface area (Å²) in [5.41, 5.74) is 2.71. The van der Waals surface area contributed by atoms with E-state index < -0.39 is 0 Å². The van der Waals surface area contributed by atoms with Crippen molar-refractivity contribution in [2.75, 3.05) is 6.61 Å². The SMILES string of the molecule is CCOCc1ccccc1CNC1CCCC(C(C)C)C1. The van der Waals surface area contributed by atoms with Crippen LogP contribution in [0.25, 0.3) is 0 Å². The van der Waals surface area contributed by atoms with Crippen molar-refractivity contribution in [3.63, 3.8) is 0 Å². The van der Waals surface area contributed by atoms with Crippen LogP contribution in [-0.2, 0) is 17.9 Å². The van der Waals surface area contributed by atoms with Gasteiger partial charge in [-0.05, 0) is 42.7 Å². The van der Waals surface area contributed by atoms with Crippen LogP contribution in [0.2, 0.25) is 0 Å². The number of nitrogens with one attached hydrogen (secondary N) is 1. The molecule has 0 spiro atoms. The third-order valence-corrected chi connectivity index (χ3v) is 4.82. The zero-order chi connectivity index (χ0) is 15.1. The van der Waals surface area contributed by atoms with Gasteiger partial charge in [-0.15, -0.1) is 0 Å². The third kappa shape index (κ3) is 5.12. The van der Waals surface area contributed by atoms with Crippen LogP contribution in [0.15, 0.2) is 24.3 Å². The highest BCUT2D eigenvalue weighted by atomic mass is 16.5. The molecule has 2 atom stereocenters. The van der Waals surface area contributed by atoms with Crippen LogP contribution in [0, 0.1) is 11.8 Å². The van der Waals surface area contributed by atoms with Crippen molar-refractivity contribution in [3.05, 3.63) is 35.4 Å². The van der Waals surface area contributed by atoms with Crippen molar-refractivity contribution in [2.24, 2.45) is 11.8 Å². The van der Waals surface area contributed by atoms with Gasteiger partial charge >= 0.3 is 0 Å². The van der Waals surface area contributed by atoms with E-state index in [1.54, 1.807) is 0 Å². The Morgan fingerprint density at radius 1 is 1.19 bits per heavy atom. The van der Waals surface area contributed by atoms with E-state index in [-0.39, 0.29) is 0 Å². The summed E-state index contributed by atoms with van der Waals surface area (Å²) in [5, 5.41) is 3.78. The van der Waals surface area contributed by atoms with Gasteiger partial charge in [-0.3, -0.25) is 0 Å². The molecular weight excluding hydrogens is 258 g/mol. The van der Waals surface area contributed by atoms with Gasteiger partial charge < -0.3 is 10.1 Å². The van der Waals surface area contributed by atoms with Gasteiger partial charge in [0.1, 0.15) is 0 Å². The Morgan fingerprint density at radius 2 is 1.95 bits per heavy atom. The second-order valence-corrected chi connectivity index (χ2v) is 6.65. The first-order chi connectivity index (χ1) is 10.2. The van der Waals surface area contributed by atoms with Crippen molar-refractivity contribution >= 4 is 0 Å². The van der Waals surface area contributed by atoms with Gasteiger partial charge in [-0.25, -0.2) is 0 Å². The molecule has 21 heavy (non-hydrogen) atoms. The van der Waals surface area contributed by atoms with E-state index in [4.69, 9.17) is 4.74 Å². The van der Waals surface area contributed by atoms with E-state index in [1.807, 2.05) is 0 Å². The molecule has 2 rings (SSSR count). The van der Waals surface area contributed by atoms with Gasteiger partial charge in [0, 0.05) is 19.2 Å². The Balaban J connectivity index is 1.87. The van der Waals surface area contributed by atoms with E-state index >= 15 is 0 Å². The fourth-order valence-corrected chi connectivity index (χ4v) is 3.36. The van der Waals surface area contributed by atoms with E-state index in [2.05, 4.69) is 50.4 Å². The molecule has 1 aromatic carbocycles. The topological polar surface area (TPSA) is 21.3 Å². The Morgan fingerprint density at radius 3 is 2.67 bits per heavy atom. The average Bonchev–Trinajstić information content (AvgIpc) is 2.52. The lowest BCUT2D eigenvalue weighted by atomic mass is 9.79. The maximum absolute atomic E-state index is 5.57. The van der Waals surface area contributed by atoms with Crippen LogP contribution >= 0.6 is 0 Å². The molecule has 1 aliphatic carbocycles. The van der Waals surface area contributed by atoms with Gasteiger partial charge in [0.15, 0.2) is 0 Å². The molecular formula is C19H31NO. The molecule has 0 bridgehead atoms. The molecule has 0 amide bonds. The molecule has 1 N–H and O–H groups in total. The zero-order valence-electron chi connectivity index (χ0n) is 13.9. The summed E-state index contributed by atoms with van der Waals surface area (Å²) in [6, 6.07) is 9.33. The fourth-order valence-electron chi connectivity index (χ4n) is 3.36. The zero-order valence-corrected chi connectivity index (χ0v) is 13.9. The van der Waals surface area contributed by atoms with Gasteiger partial charge in [0.25, 0.3) is 0 Å². The van der Waals surface area contributed by atoms with Crippen molar-refractivity contribution < 1.29 is 4.74 Å². The molecule has 0 heterocycles. The van der Waals surface area contributed by atoms with E-state index in [0.717, 1.165) is 31.6 Å². The summed E-state index contributed by atoms with van der Waals surface area (Å²) < 4.78 is 5.57. The number of hydrogen-bond donors (Lipinski definition) is 1. The molecule has 118 valence electrons. The molecule has 1 aromatic rings. The summed E-state index contributed by atoms with van der Waals surface area (Å²) in [6.45, 7) is 9.26. The van der Waals surface area contributed by atoms with E-state index in [1.165, 1.54) is 36.8 Å². The summed E-state index contributed by atoms with van der Waals surface area (Å²) >= 11 is 0. The van der Waals surface area contributed by atoms with Crippen molar-refractivity contribution in [1.82, 2.24) is 5.32 Å². The Labute approximate surface area is 130 Å². The van der Waals surface area contributed by atoms with Crippen LogP contribution in [-0.4, -0.2) is 12.6 Å². The second kappa shape index (κ2) is 8.55. The van der Waals surface area contributed by atoms with Crippen LogP contribution in [0.5, 0.6) is 0 Å². The lowest BCUT2D eigenvalue weighted by Gasteiger charge is -2.32. The first-order valence-electron chi connectivity index (χ1n) is 8.58. The second-order valence-electron chi connectivity index (χ2n) is 6.65. The third-order valence-electron chi connectivity index (χ3n) is 4.82. The van der Waals surface area contributed by atoms with Crippen LogP contribution < -0.4 is 5.32 Å². The Hall–Kier alpha value is -0.860. The first-order valence-corrected chi connectivity index (χ1v) is 8.58. The molecule has 0 aliphatic heterocycles. The molecule has 2 unspecified atom stereocenters. The Bertz CT molecular complexity index is 416. The molecule has 0 radical (unpaired) electrons. The quantitative estimate of drug-likeness (QED) is 0.796. The highest BCUT2D eigenvalue weighted by molar-refractivity contribution is 5.26. The number of rotatable bonds is 7. The van der Waals surface area contributed by atoms with Crippen molar-refractivity contribution in [1.29, 1.82) is 0 Å². The van der Waals surface area contributed by atoms with Gasteiger partial charge in [0.2, 0.25) is 0 Å². The first kappa shape index (κ1) is 16.5. The predicted molar refractivity (Wildman–Crippen MR) is 89.2 cm³/mol. The standard InChI is InChI=1S/C19H31NO/c1-4-21-14-18-9-6-5-8-17(18)13-20-19-11-7-10-16(12-19)15(2)3/h5-6,8-9,15-16,19-20H,4,7,10-14H2,1-3H3. The molecule has 2 nitrogen and oxygen atoms in total. The normalized spacial score (nSPS) is 22.7. The lowest BCUT2D eigenvalue weighted by molar-refractivity contribution is 0.133. The van der Waals surface area contributed by atoms with E-state index in [0.29, 0.717) is 6.04 Å². The summed E-state index contributed by atoms with van der Waals surface area (Å²) in [5.74, 6) is 1.72. The minimum Gasteiger partial charge on any atom is -0.377 e. The smallest absolute Gasteiger partial charge is 0.0719 e. The number of benzene rings is 1. The molecule has 1 saturated carbocycles. The highest BCUT2D eigenvalue weighted by Crippen LogP contribution is 2.30. The molecule has 0 saturated heterocycles. The summed E-state index contributed by atoms with van der Waals surface area (Å²) in [6.07, 6.45) is 5.46. The van der Waals surface area contributed by atoms with Gasteiger partial charge in [-0.2, -0.15) is 0 Å². The molecule has 1 fully saturated rings. The monoisotopic (exact) mass is 289 g/mol. The number of hydrogen-bond acceptors (Lipinski definition) is 2.